The van der Waals surface area contributed by atoms with E-state index in [4.69, 9.17) is 0 Å². The van der Waals surface area contributed by atoms with Crippen LogP contribution in [0, 0.1) is 0 Å². The number of carbonyl (C=O) groups is 1. The van der Waals surface area contributed by atoms with Crippen molar-refractivity contribution in [3.8, 4) is 0 Å². The number of carbonyl (C=O) groups excluding carboxylic acids is 1. The van der Waals surface area contributed by atoms with Crippen LogP contribution in [0.1, 0.15) is 30.6 Å². The minimum atomic E-state index is -0.0962. The Balaban J connectivity index is 1.34. The van der Waals surface area contributed by atoms with Gasteiger partial charge in [0.15, 0.2) is 0 Å². The Kier molecular flexibility index (Phi) is 6.06. The summed E-state index contributed by atoms with van der Waals surface area (Å²) in [4.78, 5) is 28.0. The van der Waals surface area contributed by atoms with E-state index in [1.807, 2.05) is 24.3 Å². The van der Waals surface area contributed by atoms with E-state index in [-0.39, 0.29) is 11.6 Å². The lowest BCUT2D eigenvalue weighted by Gasteiger charge is -2.06. The predicted octanol–water partition coefficient (Wildman–Crippen LogP) is 3.31. The summed E-state index contributed by atoms with van der Waals surface area (Å²) in [5.74, 6) is 0.0949. The quantitative estimate of drug-likeness (QED) is 0.577. The molecule has 25 heavy (non-hydrogen) atoms. The number of nitrogens with zero attached hydrogens (tertiary/aromatic N) is 1. The normalized spacial score (nSPS) is 11.0. The van der Waals surface area contributed by atoms with Crippen molar-refractivity contribution in [1.29, 1.82) is 0 Å². The lowest BCUT2D eigenvalue weighted by atomic mass is 10.1. The molecule has 0 aliphatic rings. The highest BCUT2D eigenvalue weighted by molar-refractivity contribution is 7.09. The average Bonchev–Trinajstić information content (AvgIpc) is 3.23. The molecule has 6 heteroatoms. The molecule has 0 radical (unpaired) electrons. The largest absolute Gasteiger partial charge is 0.356 e. The molecule has 0 atom stereocenters. The highest BCUT2D eigenvalue weighted by Crippen LogP contribution is 2.12. The molecule has 2 aromatic heterocycles. The number of unbranched alkanes of at least 4 members (excludes halogenated alkanes) is 1. The molecule has 0 unspecified atom stereocenters. The molecule has 0 saturated carbocycles. The summed E-state index contributed by atoms with van der Waals surface area (Å²) in [5.41, 5.74) is 1.66. The maximum absolute atomic E-state index is 12.0. The second kappa shape index (κ2) is 8.67. The average molecular weight is 357 g/mol. The summed E-state index contributed by atoms with van der Waals surface area (Å²) < 4.78 is 1.72. The van der Waals surface area contributed by atoms with Crippen molar-refractivity contribution in [2.24, 2.45) is 0 Å². The lowest BCUT2D eigenvalue weighted by Crippen LogP contribution is -2.26. The van der Waals surface area contributed by atoms with Crippen molar-refractivity contribution >= 4 is 28.3 Å². The Bertz CT molecular complexity index is 864. The minimum Gasteiger partial charge on any atom is -0.356 e. The fourth-order valence-electron chi connectivity index (χ4n) is 2.92. The Morgan fingerprint density at radius 2 is 2.00 bits per heavy atom. The SMILES string of the molecule is O=C(CCCCc1cccs1)NCCCn1c(=O)[nH]c2ccccc21. The fourth-order valence-corrected chi connectivity index (χ4v) is 3.67. The summed E-state index contributed by atoms with van der Waals surface area (Å²) in [5, 5.41) is 5.03. The summed E-state index contributed by atoms with van der Waals surface area (Å²) in [6, 6.07) is 11.8. The van der Waals surface area contributed by atoms with Gasteiger partial charge in [-0.05, 0) is 49.3 Å². The third-order valence-electron chi connectivity index (χ3n) is 4.22. The van der Waals surface area contributed by atoms with Gasteiger partial charge in [-0.15, -0.1) is 11.3 Å². The third-order valence-corrected chi connectivity index (χ3v) is 5.16. The van der Waals surface area contributed by atoms with Crippen molar-refractivity contribution in [2.75, 3.05) is 6.54 Å². The molecule has 0 bridgehead atoms. The number of hydrogen-bond acceptors (Lipinski definition) is 3. The molecular formula is C19H23N3O2S. The van der Waals surface area contributed by atoms with E-state index in [9.17, 15) is 9.59 Å². The third kappa shape index (κ3) is 4.82. The second-order valence-corrected chi connectivity index (χ2v) is 7.12. The van der Waals surface area contributed by atoms with Gasteiger partial charge >= 0.3 is 5.69 Å². The molecule has 0 aliphatic heterocycles. The number of nitrogens with one attached hydrogen (secondary N) is 2. The van der Waals surface area contributed by atoms with Crippen LogP contribution < -0.4 is 11.0 Å². The number of para-hydroxylation sites is 2. The number of benzene rings is 1. The number of imidazole rings is 1. The van der Waals surface area contributed by atoms with Crippen LogP contribution in [0.15, 0.2) is 46.6 Å². The van der Waals surface area contributed by atoms with Crippen molar-refractivity contribution in [3.63, 3.8) is 0 Å². The van der Waals surface area contributed by atoms with Crippen LogP contribution in [0.25, 0.3) is 11.0 Å². The number of hydrogen-bond donors (Lipinski definition) is 2. The first-order valence-corrected chi connectivity index (χ1v) is 9.58. The number of rotatable bonds is 9. The van der Waals surface area contributed by atoms with Crippen LogP contribution in [0.5, 0.6) is 0 Å². The summed E-state index contributed by atoms with van der Waals surface area (Å²) in [6.07, 6.45) is 4.31. The van der Waals surface area contributed by atoms with Gasteiger partial charge < -0.3 is 10.3 Å². The topological polar surface area (TPSA) is 66.9 Å². The summed E-state index contributed by atoms with van der Waals surface area (Å²) in [7, 11) is 0. The molecule has 2 N–H and O–H groups in total. The zero-order chi connectivity index (χ0) is 17.5. The molecule has 3 aromatic rings. The molecule has 2 heterocycles. The molecular weight excluding hydrogens is 334 g/mol. The first-order valence-electron chi connectivity index (χ1n) is 8.70. The fraction of sp³-hybridized carbons (Fsp3) is 0.368. The van der Waals surface area contributed by atoms with Crippen LogP contribution in [0.4, 0.5) is 0 Å². The van der Waals surface area contributed by atoms with Crippen LogP contribution in [0.2, 0.25) is 0 Å². The Labute approximate surface area is 150 Å². The molecule has 0 saturated heterocycles. The van der Waals surface area contributed by atoms with E-state index in [1.165, 1.54) is 4.88 Å². The molecule has 132 valence electrons. The standard InChI is InChI=1S/C19H23N3O2S/c23-18(11-4-1-7-15-8-5-14-25-15)20-12-6-13-22-17-10-3-2-9-16(17)21-19(22)24/h2-3,5,8-10,14H,1,4,6-7,11-13H2,(H,20,23)(H,21,24). The Hall–Kier alpha value is -2.34. The molecule has 0 fully saturated rings. The smallest absolute Gasteiger partial charge is 0.326 e. The predicted molar refractivity (Wildman–Crippen MR) is 102 cm³/mol. The van der Waals surface area contributed by atoms with E-state index in [2.05, 4.69) is 27.8 Å². The molecule has 5 nitrogen and oxygen atoms in total. The number of aromatic nitrogens is 2. The van der Waals surface area contributed by atoms with Gasteiger partial charge in [-0.25, -0.2) is 4.79 Å². The van der Waals surface area contributed by atoms with E-state index < -0.39 is 0 Å². The van der Waals surface area contributed by atoms with Crippen LogP contribution in [-0.4, -0.2) is 22.0 Å². The minimum absolute atomic E-state index is 0.0949. The highest BCUT2D eigenvalue weighted by atomic mass is 32.1. The zero-order valence-corrected chi connectivity index (χ0v) is 15.0. The van der Waals surface area contributed by atoms with Gasteiger partial charge in [-0.3, -0.25) is 9.36 Å². The Morgan fingerprint density at radius 3 is 2.84 bits per heavy atom. The molecule has 0 spiro atoms. The summed E-state index contributed by atoms with van der Waals surface area (Å²) in [6.45, 7) is 1.19. The van der Waals surface area contributed by atoms with E-state index in [1.54, 1.807) is 15.9 Å². The van der Waals surface area contributed by atoms with Crippen molar-refractivity contribution in [3.05, 3.63) is 57.1 Å². The molecule has 1 aromatic carbocycles. The van der Waals surface area contributed by atoms with Crippen molar-refractivity contribution in [2.45, 2.75) is 38.6 Å². The number of aryl methyl sites for hydroxylation is 2. The van der Waals surface area contributed by atoms with Crippen LogP contribution >= 0.6 is 11.3 Å². The van der Waals surface area contributed by atoms with Crippen LogP contribution in [-0.2, 0) is 17.8 Å². The number of thiophene rings is 1. The molecule has 1 amide bonds. The number of fused-ring (bicyclic) bond motifs is 1. The first kappa shape index (κ1) is 17.5. The molecule has 0 aliphatic carbocycles. The van der Waals surface area contributed by atoms with Gasteiger partial charge in [-0.1, -0.05) is 18.2 Å². The van der Waals surface area contributed by atoms with E-state index in [0.717, 1.165) is 36.7 Å². The number of aromatic amines is 1. The van der Waals surface area contributed by atoms with Gasteiger partial charge in [0.05, 0.1) is 11.0 Å². The summed E-state index contributed by atoms with van der Waals surface area (Å²) >= 11 is 1.77. The van der Waals surface area contributed by atoms with E-state index in [0.29, 0.717) is 19.5 Å². The van der Waals surface area contributed by atoms with Gasteiger partial charge in [0.2, 0.25) is 5.91 Å². The van der Waals surface area contributed by atoms with Gasteiger partial charge in [-0.2, -0.15) is 0 Å². The van der Waals surface area contributed by atoms with Crippen molar-refractivity contribution in [1.82, 2.24) is 14.9 Å². The van der Waals surface area contributed by atoms with E-state index >= 15 is 0 Å². The first-order chi connectivity index (χ1) is 12.2. The zero-order valence-electron chi connectivity index (χ0n) is 14.2. The van der Waals surface area contributed by atoms with Crippen LogP contribution in [0.3, 0.4) is 0 Å². The maximum atomic E-state index is 12.0. The van der Waals surface area contributed by atoms with Gasteiger partial charge in [0.25, 0.3) is 0 Å². The molecule has 3 rings (SSSR count). The lowest BCUT2D eigenvalue weighted by molar-refractivity contribution is -0.121. The number of amides is 1. The Morgan fingerprint density at radius 1 is 1.12 bits per heavy atom. The highest BCUT2D eigenvalue weighted by Gasteiger charge is 2.06. The van der Waals surface area contributed by atoms with Gasteiger partial charge in [0.1, 0.15) is 0 Å². The number of H-pyrrole nitrogens is 1. The second-order valence-electron chi connectivity index (χ2n) is 6.09. The van der Waals surface area contributed by atoms with Gasteiger partial charge in [0, 0.05) is 24.4 Å². The van der Waals surface area contributed by atoms with Crippen molar-refractivity contribution < 1.29 is 4.79 Å². The maximum Gasteiger partial charge on any atom is 0.326 e. The monoisotopic (exact) mass is 357 g/mol.